The number of nitrogens with zero attached hydrogens (tertiary/aromatic N) is 6. The lowest BCUT2D eigenvalue weighted by atomic mass is 10.0. The van der Waals surface area contributed by atoms with Gasteiger partial charge in [-0.05, 0) is 55.7 Å². The van der Waals surface area contributed by atoms with E-state index in [0.29, 0.717) is 0 Å². The van der Waals surface area contributed by atoms with Gasteiger partial charge in [-0.25, -0.2) is 0 Å². The average molecular weight is 406 g/mol. The van der Waals surface area contributed by atoms with Gasteiger partial charge in [-0.1, -0.05) is 24.3 Å². The third-order valence-electron chi connectivity index (χ3n) is 4.74. The van der Waals surface area contributed by atoms with Gasteiger partial charge in [0.1, 0.15) is 11.4 Å². The van der Waals surface area contributed by atoms with Gasteiger partial charge in [0.15, 0.2) is 0 Å². The molecule has 31 heavy (non-hydrogen) atoms. The third kappa shape index (κ3) is 5.51. The molecule has 2 heterocycles. The highest BCUT2D eigenvalue weighted by molar-refractivity contribution is 5.98. The highest BCUT2D eigenvalue weighted by Crippen LogP contribution is 2.19. The molecule has 6 heteroatoms. The normalized spacial score (nSPS) is 12.1. The molecule has 4 aromatic rings. The van der Waals surface area contributed by atoms with Crippen LogP contribution in [0.15, 0.2) is 95.7 Å². The summed E-state index contributed by atoms with van der Waals surface area (Å²) in [4.78, 5) is 26.0. The molecular formula is C25H22N6. The highest BCUT2D eigenvalue weighted by atomic mass is 14.8. The zero-order valence-electron chi connectivity index (χ0n) is 17.5. The van der Waals surface area contributed by atoms with E-state index in [1.165, 1.54) is 11.1 Å². The van der Waals surface area contributed by atoms with E-state index >= 15 is 0 Å². The third-order valence-corrected chi connectivity index (χ3v) is 4.74. The Balaban J connectivity index is 1.42. The lowest BCUT2D eigenvalue weighted by Crippen LogP contribution is -1.98. The number of benzene rings is 2. The van der Waals surface area contributed by atoms with E-state index in [-0.39, 0.29) is 0 Å². The lowest BCUT2D eigenvalue weighted by molar-refractivity contribution is 1.17. The zero-order valence-corrected chi connectivity index (χ0v) is 17.5. The largest absolute Gasteiger partial charge is 0.261 e. The van der Waals surface area contributed by atoms with Gasteiger partial charge in [0.2, 0.25) is 0 Å². The van der Waals surface area contributed by atoms with Crippen LogP contribution in [0.1, 0.15) is 36.4 Å². The minimum absolute atomic E-state index is 0.781. The first-order valence-electron chi connectivity index (χ1n) is 9.98. The Morgan fingerprint density at radius 3 is 1.39 bits per heavy atom. The maximum Gasteiger partial charge on any atom is 0.102 e. The molecule has 0 aliphatic carbocycles. The molecule has 0 saturated heterocycles. The van der Waals surface area contributed by atoms with Crippen LogP contribution in [0.5, 0.6) is 0 Å². The Kier molecular flexibility index (Phi) is 6.28. The predicted molar refractivity (Wildman–Crippen MR) is 123 cm³/mol. The molecule has 4 rings (SSSR count). The summed E-state index contributed by atoms with van der Waals surface area (Å²) in [7, 11) is 0. The highest BCUT2D eigenvalue weighted by Gasteiger charge is 2.02. The minimum Gasteiger partial charge on any atom is -0.261 e. The molecule has 2 aromatic carbocycles. The molecular weight excluding hydrogens is 384 g/mol. The summed E-state index contributed by atoms with van der Waals surface area (Å²) in [6.07, 6.45) is 10.9. The molecule has 0 unspecified atom stereocenters. The Morgan fingerprint density at radius 1 is 0.613 bits per heavy atom. The topological polar surface area (TPSA) is 76.3 Å². The zero-order chi connectivity index (χ0) is 21.5. The van der Waals surface area contributed by atoms with Gasteiger partial charge in [-0.2, -0.15) is 0 Å². The Labute approximate surface area is 181 Å². The van der Waals surface area contributed by atoms with Gasteiger partial charge >= 0.3 is 0 Å². The summed E-state index contributed by atoms with van der Waals surface area (Å²) in [6, 6.07) is 16.5. The Hall–Kier alpha value is -4.06. The molecule has 2 aromatic heterocycles. The molecule has 0 amide bonds. The van der Waals surface area contributed by atoms with Gasteiger partial charge in [-0.15, -0.1) is 0 Å². The summed E-state index contributed by atoms with van der Waals surface area (Å²) in [6.45, 7) is 3.88. The van der Waals surface area contributed by atoms with Crippen molar-refractivity contribution in [3.05, 3.63) is 108 Å². The fourth-order valence-electron chi connectivity index (χ4n) is 3.09. The van der Waals surface area contributed by atoms with Crippen LogP contribution in [0.2, 0.25) is 0 Å². The standard InChI is InChI=1S/C25H22N6/c1-18(24-16-26-11-13-28-24)30-22-7-3-20(4-8-22)15-21-5-9-23(10-6-21)31-19(2)25-17-27-12-14-29-25/h3-14,16-17H,15H2,1-2H3. The molecule has 0 aliphatic rings. The molecule has 0 N–H and O–H groups in total. The lowest BCUT2D eigenvalue weighted by Gasteiger charge is -2.05. The summed E-state index contributed by atoms with van der Waals surface area (Å²) in [5.41, 5.74) is 7.49. The molecule has 0 aliphatic heterocycles. The second-order valence-corrected chi connectivity index (χ2v) is 7.09. The van der Waals surface area contributed by atoms with E-state index in [1.807, 2.05) is 38.1 Å². The summed E-state index contributed by atoms with van der Waals surface area (Å²) in [5, 5.41) is 0. The van der Waals surface area contributed by atoms with Crippen LogP contribution >= 0.6 is 0 Å². The van der Waals surface area contributed by atoms with E-state index in [9.17, 15) is 0 Å². The van der Waals surface area contributed by atoms with Crippen LogP contribution in [0.25, 0.3) is 0 Å². The van der Waals surface area contributed by atoms with Crippen LogP contribution in [-0.4, -0.2) is 31.4 Å². The quantitative estimate of drug-likeness (QED) is 0.416. The first kappa shape index (κ1) is 20.2. The summed E-state index contributed by atoms with van der Waals surface area (Å²) in [5.74, 6) is 0. The predicted octanol–water partition coefficient (Wildman–Crippen LogP) is 5.14. The number of hydrogen-bond donors (Lipinski definition) is 0. The van der Waals surface area contributed by atoms with Crippen LogP contribution in [0.4, 0.5) is 11.4 Å². The van der Waals surface area contributed by atoms with E-state index in [1.54, 1.807) is 37.2 Å². The Bertz CT molecular complexity index is 1090. The fourth-order valence-corrected chi connectivity index (χ4v) is 3.09. The van der Waals surface area contributed by atoms with Crippen molar-refractivity contribution >= 4 is 22.8 Å². The van der Waals surface area contributed by atoms with Gasteiger partial charge in [-0.3, -0.25) is 29.9 Å². The number of aliphatic imine (C=N–C) groups is 2. The maximum absolute atomic E-state index is 4.63. The van der Waals surface area contributed by atoms with Gasteiger partial charge in [0.25, 0.3) is 0 Å². The van der Waals surface area contributed by atoms with Gasteiger partial charge in [0.05, 0.1) is 35.2 Å². The average Bonchev–Trinajstić information content (AvgIpc) is 2.82. The molecule has 0 bridgehead atoms. The second-order valence-electron chi connectivity index (χ2n) is 7.09. The Morgan fingerprint density at radius 2 is 1.03 bits per heavy atom. The fraction of sp³-hybridized carbons (Fsp3) is 0.120. The molecule has 0 fully saturated rings. The van der Waals surface area contributed by atoms with Crippen molar-refractivity contribution in [2.45, 2.75) is 20.3 Å². The van der Waals surface area contributed by atoms with E-state index in [2.05, 4.69) is 54.2 Å². The van der Waals surface area contributed by atoms with Crippen molar-refractivity contribution in [1.82, 2.24) is 19.9 Å². The second kappa shape index (κ2) is 9.63. The van der Waals surface area contributed by atoms with Crippen LogP contribution < -0.4 is 0 Å². The minimum atomic E-state index is 0.781. The molecule has 152 valence electrons. The van der Waals surface area contributed by atoms with E-state index in [0.717, 1.165) is 40.6 Å². The summed E-state index contributed by atoms with van der Waals surface area (Å²) >= 11 is 0. The van der Waals surface area contributed by atoms with Crippen molar-refractivity contribution in [2.75, 3.05) is 0 Å². The molecule has 0 radical (unpaired) electrons. The smallest absolute Gasteiger partial charge is 0.102 e. The summed E-state index contributed by atoms with van der Waals surface area (Å²) < 4.78 is 0. The van der Waals surface area contributed by atoms with Crippen LogP contribution in [-0.2, 0) is 6.42 Å². The monoisotopic (exact) mass is 406 g/mol. The number of hydrogen-bond acceptors (Lipinski definition) is 6. The SMILES string of the molecule is CC(=Nc1ccc(Cc2ccc(N=C(C)c3cnccn3)cc2)cc1)c1cnccn1. The number of aromatic nitrogens is 4. The van der Waals surface area contributed by atoms with Crippen LogP contribution in [0.3, 0.4) is 0 Å². The van der Waals surface area contributed by atoms with Crippen molar-refractivity contribution in [3.8, 4) is 0 Å². The van der Waals surface area contributed by atoms with E-state index in [4.69, 9.17) is 0 Å². The van der Waals surface area contributed by atoms with Crippen molar-refractivity contribution in [3.63, 3.8) is 0 Å². The molecule has 0 atom stereocenters. The van der Waals surface area contributed by atoms with E-state index < -0.39 is 0 Å². The number of rotatable bonds is 6. The first-order valence-corrected chi connectivity index (χ1v) is 9.98. The van der Waals surface area contributed by atoms with Gasteiger partial charge in [0, 0.05) is 24.8 Å². The van der Waals surface area contributed by atoms with Crippen molar-refractivity contribution in [1.29, 1.82) is 0 Å². The molecule has 0 saturated carbocycles. The van der Waals surface area contributed by atoms with Crippen molar-refractivity contribution < 1.29 is 0 Å². The van der Waals surface area contributed by atoms with Crippen molar-refractivity contribution in [2.24, 2.45) is 9.98 Å². The molecule has 6 nitrogen and oxygen atoms in total. The first-order chi connectivity index (χ1) is 15.2. The van der Waals surface area contributed by atoms with Gasteiger partial charge < -0.3 is 0 Å². The van der Waals surface area contributed by atoms with Crippen LogP contribution in [0, 0.1) is 0 Å². The maximum atomic E-state index is 4.63. The molecule has 0 spiro atoms.